The molecule has 0 spiro atoms. The number of aromatic nitrogens is 1. The van der Waals surface area contributed by atoms with Crippen LogP contribution in [0.25, 0.3) is 0 Å². The van der Waals surface area contributed by atoms with E-state index in [0.29, 0.717) is 0 Å². The molecule has 1 amide bonds. The number of pyridine rings is 1. The third-order valence-corrected chi connectivity index (χ3v) is 3.12. The van der Waals surface area contributed by atoms with E-state index >= 15 is 0 Å². The molecule has 0 aliphatic heterocycles. The lowest BCUT2D eigenvalue weighted by atomic mass is 10.1. The van der Waals surface area contributed by atoms with Gasteiger partial charge in [0.05, 0.1) is 0 Å². The van der Waals surface area contributed by atoms with Crippen LogP contribution in [0.1, 0.15) is 21.6 Å². The fourth-order valence-corrected chi connectivity index (χ4v) is 2.03. The molecule has 0 bridgehead atoms. The van der Waals surface area contributed by atoms with Crippen LogP contribution in [0.4, 0.5) is 8.78 Å². The molecule has 0 unspecified atom stereocenters. The largest absolute Gasteiger partial charge is 0.348 e. The van der Waals surface area contributed by atoms with E-state index in [0.717, 1.165) is 23.4 Å². The smallest absolute Gasteiger partial charge is 0.257 e. The molecule has 2 aromatic rings. The minimum Gasteiger partial charge on any atom is -0.348 e. The van der Waals surface area contributed by atoms with Crippen molar-refractivity contribution >= 4 is 21.8 Å². The van der Waals surface area contributed by atoms with Crippen LogP contribution >= 0.6 is 15.9 Å². The first-order chi connectivity index (χ1) is 9.47. The van der Waals surface area contributed by atoms with Gasteiger partial charge in [-0.2, -0.15) is 0 Å². The number of carbonyl (C=O) groups excluding carboxylic acids is 1. The summed E-state index contributed by atoms with van der Waals surface area (Å²) in [4.78, 5) is 15.9. The Labute approximate surface area is 123 Å². The van der Waals surface area contributed by atoms with Crippen LogP contribution in [0.3, 0.4) is 0 Å². The Morgan fingerprint density at radius 1 is 1.30 bits per heavy atom. The number of nitrogens with zero attached hydrogens (tertiary/aromatic N) is 1. The molecule has 0 aliphatic rings. The van der Waals surface area contributed by atoms with Gasteiger partial charge in [0.25, 0.3) is 5.91 Å². The van der Waals surface area contributed by atoms with Gasteiger partial charge in [0.15, 0.2) is 0 Å². The first kappa shape index (κ1) is 14.6. The lowest BCUT2D eigenvalue weighted by molar-refractivity contribution is 0.0942. The zero-order chi connectivity index (χ0) is 14.7. The van der Waals surface area contributed by atoms with Gasteiger partial charge in [0.1, 0.15) is 17.2 Å². The summed E-state index contributed by atoms with van der Waals surface area (Å²) in [5.41, 5.74) is 1.01. The molecule has 0 fully saturated rings. The van der Waals surface area contributed by atoms with E-state index in [1.54, 1.807) is 18.3 Å². The Hall–Kier alpha value is -1.82. The molecule has 0 aliphatic carbocycles. The highest BCUT2D eigenvalue weighted by Crippen LogP contribution is 2.19. The summed E-state index contributed by atoms with van der Waals surface area (Å²) >= 11 is 2.96. The molecule has 20 heavy (non-hydrogen) atoms. The molecule has 3 nitrogen and oxygen atoms in total. The molecule has 0 saturated carbocycles. The number of aryl methyl sites for hydroxylation is 1. The van der Waals surface area contributed by atoms with E-state index in [-0.39, 0.29) is 11.0 Å². The SMILES string of the molecule is Cc1ccc(CNC(=O)c2c(F)cc(Br)cc2F)cn1. The van der Waals surface area contributed by atoms with Crippen LogP contribution in [0.15, 0.2) is 34.9 Å². The Morgan fingerprint density at radius 3 is 2.50 bits per heavy atom. The summed E-state index contributed by atoms with van der Waals surface area (Å²) in [5, 5.41) is 2.46. The minimum absolute atomic E-state index is 0.154. The Bertz CT molecular complexity index is 621. The lowest BCUT2D eigenvalue weighted by Crippen LogP contribution is -2.25. The fraction of sp³-hybridized carbons (Fsp3) is 0.143. The van der Waals surface area contributed by atoms with E-state index in [9.17, 15) is 13.6 Å². The van der Waals surface area contributed by atoms with Crippen molar-refractivity contribution < 1.29 is 13.6 Å². The molecule has 1 aromatic heterocycles. The Kier molecular flexibility index (Phi) is 4.44. The Morgan fingerprint density at radius 2 is 1.95 bits per heavy atom. The van der Waals surface area contributed by atoms with Gasteiger partial charge in [0, 0.05) is 22.9 Å². The van der Waals surface area contributed by atoms with Gasteiger partial charge in [0.2, 0.25) is 0 Å². The van der Waals surface area contributed by atoms with Crippen molar-refractivity contribution in [3.63, 3.8) is 0 Å². The standard InChI is InChI=1S/C14H11BrF2N2O/c1-8-2-3-9(6-18-8)7-19-14(20)13-11(16)4-10(15)5-12(13)17/h2-6H,7H2,1H3,(H,19,20). The number of hydrogen-bond donors (Lipinski definition) is 1. The number of carbonyl (C=O) groups is 1. The van der Waals surface area contributed by atoms with E-state index in [2.05, 4.69) is 26.2 Å². The molecular formula is C14H11BrF2N2O. The van der Waals surface area contributed by atoms with Crippen molar-refractivity contribution in [1.82, 2.24) is 10.3 Å². The first-order valence-electron chi connectivity index (χ1n) is 5.81. The molecule has 1 heterocycles. The van der Waals surface area contributed by atoms with E-state index < -0.39 is 23.1 Å². The Balaban J connectivity index is 2.11. The van der Waals surface area contributed by atoms with Gasteiger partial charge in [-0.25, -0.2) is 8.78 Å². The molecule has 0 radical (unpaired) electrons. The van der Waals surface area contributed by atoms with Crippen molar-refractivity contribution in [2.75, 3.05) is 0 Å². The van der Waals surface area contributed by atoms with Crippen LogP contribution in [-0.2, 0) is 6.54 Å². The predicted molar refractivity (Wildman–Crippen MR) is 74.2 cm³/mol. The third kappa shape index (κ3) is 3.39. The minimum atomic E-state index is -0.906. The molecule has 1 aromatic carbocycles. The van der Waals surface area contributed by atoms with Gasteiger partial charge in [-0.15, -0.1) is 0 Å². The van der Waals surface area contributed by atoms with Crippen LogP contribution in [0.5, 0.6) is 0 Å². The summed E-state index contributed by atoms with van der Waals surface area (Å²) in [6.45, 7) is 2.00. The summed E-state index contributed by atoms with van der Waals surface area (Å²) in [6, 6.07) is 5.68. The summed E-state index contributed by atoms with van der Waals surface area (Å²) in [6.07, 6.45) is 1.60. The second-order valence-electron chi connectivity index (χ2n) is 4.23. The van der Waals surface area contributed by atoms with Crippen LogP contribution in [-0.4, -0.2) is 10.9 Å². The number of benzene rings is 1. The van der Waals surface area contributed by atoms with Crippen molar-refractivity contribution in [3.8, 4) is 0 Å². The average molecular weight is 341 g/mol. The van der Waals surface area contributed by atoms with E-state index in [4.69, 9.17) is 0 Å². The van der Waals surface area contributed by atoms with Crippen molar-refractivity contribution in [2.24, 2.45) is 0 Å². The van der Waals surface area contributed by atoms with Crippen LogP contribution < -0.4 is 5.32 Å². The number of nitrogens with one attached hydrogen (secondary N) is 1. The normalized spacial score (nSPS) is 10.4. The quantitative estimate of drug-likeness (QED) is 0.930. The van der Waals surface area contributed by atoms with E-state index in [1.807, 2.05) is 6.92 Å². The van der Waals surface area contributed by atoms with Crippen LogP contribution in [0, 0.1) is 18.6 Å². The maximum Gasteiger partial charge on any atom is 0.257 e. The van der Waals surface area contributed by atoms with Crippen molar-refractivity contribution in [3.05, 3.63) is 63.4 Å². The second-order valence-corrected chi connectivity index (χ2v) is 5.15. The molecule has 6 heteroatoms. The number of rotatable bonds is 3. The second kappa shape index (κ2) is 6.09. The highest BCUT2D eigenvalue weighted by atomic mass is 79.9. The van der Waals surface area contributed by atoms with Crippen molar-refractivity contribution in [1.29, 1.82) is 0 Å². The summed E-state index contributed by atoms with van der Waals surface area (Å²) in [5.74, 6) is -2.61. The lowest BCUT2D eigenvalue weighted by Gasteiger charge is -2.07. The van der Waals surface area contributed by atoms with Gasteiger partial charge < -0.3 is 5.32 Å². The zero-order valence-corrected chi connectivity index (χ0v) is 12.2. The van der Waals surface area contributed by atoms with Gasteiger partial charge in [-0.1, -0.05) is 22.0 Å². The van der Waals surface area contributed by atoms with Crippen molar-refractivity contribution in [2.45, 2.75) is 13.5 Å². The molecule has 2 rings (SSSR count). The zero-order valence-electron chi connectivity index (χ0n) is 10.6. The fourth-order valence-electron chi connectivity index (χ4n) is 1.63. The maximum absolute atomic E-state index is 13.6. The van der Waals surface area contributed by atoms with Crippen LogP contribution in [0.2, 0.25) is 0 Å². The van der Waals surface area contributed by atoms with Gasteiger partial charge >= 0.3 is 0 Å². The highest BCUT2D eigenvalue weighted by Gasteiger charge is 2.18. The first-order valence-corrected chi connectivity index (χ1v) is 6.61. The molecule has 0 atom stereocenters. The number of hydrogen-bond acceptors (Lipinski definition) is 2. The summed E-state index contributed by atoms with van der Waals surface area (Å²) < 4.78 is 27.4. The summed E-state index contributed by atoms with van der Waals surface area (Å²) in [7, 11) is 0. The number of amides is 1. The molecular weight excluding hydrogens is 330 g/mol. The monoisotopic (exact) mass is 340 g/mol. The maximum atomic E-state index is 13.6. The molecule has 1 N–H and O–H groups in total. The average Bonchev–Trinajstić information content (AvgIpc) is 2.37. The van der Waals surface area contributed by atoms with Gasteiger partial charge in [-0.05, 0) is 30.7 Å². The molecule has 0 saturated heterocycles. The van der Waals surface area contributed by atoms with E-state index in [1.165, 1.54) is 0 Å². The predicted octanol–water partition coefficient (Wildman–Crippen LogP) is 3.36. The third-order valence-electron chi connectivity index (χ3n) is 2.66. The number of halogens is 3. The molecule has 104 valence electrons. The topological polar surface area (TPSA) is 42.0 Å². The van der Waals surface area contributed by atoms with Gasteiger partial charge in [-0.3, -0.25) is 9.78 Å². The highest BCUT2D eigenvalue weighted by molar-refractivity contribution is 9.10.